The Kier molecular flexibility index (Phi) is 8.22. The Balaban J connectivity index is 2.06. The first-order valence-corrected chi connectivity index (χ1v) is 7.96. The predicted molar refractivity (Wildman–Crippen MR) is 79.9 cm³/mol. The zero-order valence-corrected chi connectivity index (χ0v) is 12.6. The molecule has 3 nitrogen and oxygen atoms in total. The van der Waals surface area contributed by atoms with Crippen molar-refractivity contribution in [3.63, 3.8) is 0 Å². The topological polar surface area (TPSA) is 50.9 Å². The molecule has 1 aromatic heterocycles. The van der Waals surface area contributed by atoms with Crippen LogP contribution >= 0.6 is 11.3 Å². The van der Waals surface area contributed by atoms with Crippen LogP contribution in [-0.4, -0.2) is 18.1 Å². The minimum atomic E-state index is 0.823. The molecule has 0 bridgehead atoms. The van der Waals surface area contributed by atoms with Gasteiger partial charge in [-0.2, -0.15) is 0 Å². The molecule has 1 unspecified atom stereocenters. The maximum absolute atomic E-state index is 5.65. The van der Waals surface area contributed by atoms with Crippen molar-refractivity contribution >= 4 is 11.3 Å². The lowest BCUT2D eigenvalue weighted by atomic mass is 9.94. The summed E-state index contributed by atoms with van der Waals surface area (Å²) in [5.41, 5.74) is 6.77. The highest BCUT2D eigenvalue weighted by Gasteiger charge is 2.06. The quantitative estimate of drug-likeness (QED) is 0.642. The number of nitrogens with one attached hydrogen (secondary N) is 1. The minimum Gasteiger partial charge on any atom is -0.330 e. The summed E-state index contributed by atoms with van der Waals surface area (Å²) < 4.78 is 0. The lowest BCUT2D eigenvalue weighted by molar-refractivity contribution is 0.403. The van der Waals surface area contributed by atoms with E-state index >= 15 is 0 Å². The summed E-state index contributed by atoms with van der Waals surface area (Å²) in [6.45, 7) is 7.13. The van der Waals surface area contributed by atoms with Crippen molar-refractivity contribution in [3.05, 3.63) is 16.1 Å². The Morgan fingerprint density at radius 1 is 1.39 bits per heavy atom. The smallest absolute Gasteiger partial charge is 0.107 e. The van der Waals surface area contributed by atoms with Crippen LogP contribution in [0, 0.1) is 12.8 Å². The van der Waals surface area contributed by atoms with Crippen molar-refractivity contribution < 1.29 is 0 Å². The van der Waals surface area contributed by atoms with Gasteiger partial charge in [0.05, 0.1) is 0 Å². The molecule has 104 valence electrons. The Morgan fingerprint density at radius 2 is 2.22 bits per heavy atom. The van der Waals surface area contributed by atoms with E-state index in [0.717, 1.165) is 31.2 Å². The number of aromatic nitrogens is 1. The fourth-order valence-corrected chi connectivity index (χ4v) is 3.01. The molecule has 0 radical (unpaired) electrons. The van der Waals surface area contributed by atoms with Gasteiger partial charge in [0.25, 0.3) is 0 Å². The van der Waals surface area contributed by atoms with Gasteiger partial charge in [0.15, 0.2) is 0 Å². The van der Waals surface area contributed by atoms with Gasteiger partial charge in [-0.1, -0.05) is 19.8 Å². The van der Waals surface area contributed by atoms with Gasteiger partial charge >= 0.3 is 0 Å². The summed E-state index contributed by atoms with van der Waals surface area (Å²) in [5, 5.41) is 6.77. The molecule has 0 spiro atoms. The highest BCUT2D eigenvalue weighted by molar-refractivity contribution is 7.09. The highest BCUT2D eigenvalue weighted by Crippen LogP contribution is 2.16. The van der Waals surface area contributed by atoms with Crippen molar-refractivity contribution in [3.8, 4) is 0 Å². The zero-order valence-electron chi connectivity index (χ0n) is 11.7. The third kappa shape index (κ3) is 6.47. The summed E-state index contributed by atoms with van der Waals surface area (Å²) in [5.74, 6) is 0.823. The minimum absolute atomic E-state index is 0.823. The average Bonchev–Trinajstić information content (AvgIpc) is 2.75. The lowest BCUT2D eigenvalue weighted by Crippen LogP contribution is -2.16. The first kappa shape index (κ1) is 15.6. The first-order valence-electron chi connectivity index (χ1n) is 7.08. The molecule has 0 aliphatic rings. The Hall–Kier alpha value is -0.450. The van der Waals surface area contributed by atoms with Crippen molar-refractivity contribution in [1.82, 2.24) is 10.3 Å². The van der Waals surface area contributed by atoms with Gasteiger partial charge in [-0.15, -0.1) is 11.3 Å². The Morgan fingerprint density at radius 3 is 2.83 bits per heavy atom. The van der Waals surface area contributed by atoms with E-state index in [1.807, 2.05) is 6.92 Å². The molecule has 1 heterocycles. The van der Waals surface area contributed by atoms with Crippen molar-refractivity contribution in [2.45, 2.75) is 52.5 Å². The molecule has 0 aromatic carbocycles. The van der Waals surface area contributed by atoms with Crippen molar-refractivity contribution in [2.75, 3.05) is 13.1 Å². The molecule has 1 rings (SSSR count). The van der Waals surface area contributed by atoms with Gasteiger partial charge in [-0.05, 0) is 45.2 Å². The van der Waals surface area contributed by atoms with Crippen molar-refractivity contribution in [1.29, 1.82) is 0 Å². The van der Waals surface area contributed by atoms with Crippen LogP contribution in [0.4, 0.5) is 0 Å². The van der Waals surface area contributed by atoms with Gasteiger partial charge < -0.3 is 11.1 Å². The molecule has 1 atom stereocenters. The van der Waals surface area contributed by atoms with Gasteiger partial charge in [-0.25, -0.2) is 4.98 Å². The number of nitrogens with zero attached hydrogens (tertiary/aromatic N) is 1. The van der Waals surface area contributed by atoms with Crippen LogP contribution in [0.2, 0.25) is 0 Å². The molecule has 0 amide bonds. The second-order valence-corrected chi connectivity index (χ2v) is 5.88. The Bertz CT molecular complexity index is 306. The number of aryl methyl sites for hydroxylation is 1. The number of nitrogens with two attached hydrogens (primary N) is 1. The maximum Gasteiger partial charge on any atom is 0.107 e. The van der Waals surface area contributed by atoms with Crippen LogP contribution in [0.15, 0.2) is 5.38 Å². The van der Waals surface area contributed by atoms with Crippen LogP contribution in [0.3, 0.4) is 0 Å². The average molecular weight is 269 g/mol. The third-order valence-corrected chi connectivity index (χ3v) is 4.15. The van der Waals surface area contributed by atoms with Crippen LogP contribution in [0.25, 0.3) is 0 Å². The standard InChI is InChI=1S/C14H27N3S/c1-3-5-13(7-8-15)6-4-9-16-10-14-17-12(2)11-18-14/h11,13,16H,3-10,15H2,1-2H3. The second kappa shape index (κ2) is 9.48. The van der Waals surface area contributed by atoms with E-state index in [-0.39, 0.29) is 0 Å². The van der Waals surface area contributed by atoms with E-state index in [4.69, 9.17) is 5.73 Å². The Labute approximate surface area is 115 Å². The number of thiazole rings is 1. The van der Waals surface area contributed by atoms with E-state index in [9.17, 15) is 0 Å². The van der Waals surface area contributed by atoms with E-state index in [2.05, 4.69) is 22.6 Å². The maximum atomic E-state index is 5.65. The van der Waals surface area contributed by atoms with E-state index < -0.39 is 0 Å². The summed E-state index contributed by atoms with van der Waals surface area (Å²) in [6, 6.07) is 0. The van der Waals surface area contributed by atoms with Gasteiger partial charge in [0.2, 0.25) is 0 Å². The number of hydrogen-bond donors (Lipinski definition) is 2. The predicted octanol–water partition coefficient (Wildman–Crippen LogP) is 3.09. The van der Waals surface area contributed by atoms with Crippen LogP contribution in [0.1, 0.15) is 49.7 Å². The summed E-state index contributed by atoms with van der Waals surface area (Å²) in [6.07, 6.45) is 6.32. The monoisotopic (exact) mass is 269 g/mol. The van der Waals surface area contributed by atoms with Gasteiger partial charge in [0.1, 0.15) is 5.01 Å². The lowest BCUT2D eigenvalue weighted by Gasteiger charge is -2.14. The molecule has 0 aliphatic heterocycles. The first-order chi connectivity index (χ1) is 8.76. The molecule has 0 aliphatic carbocycles. The molecule has 4 heteroatoms. The van der Waals surface area contributed by atoms with Crippen molar-refractivity contribution in [2.24, 2.45) is 11.7 Å². The molecule has 3 N–H and O–H groups in total. The molecular weight excluding hydrogens is 242 g/mol. The van der Waals surface area contributed by atoms with E-state index in [1.54, 1.807) is 11.3 Å². The molecule has 1 aromatic rings. The summed E-state index contributed by atoms with van der Waals surface area (Å²) >= 11 is 1.74. The van der Waals surface area contributed by atoms with Gasteiger partial charge in [0, 0.05) is 17.6 Å². The molecule has 0 fully saturated rings. The van der Waals surface area contributed by atoms with Crippen LogP contribution in [0.5, 0.6) is 0 Å². The van der Waals surface area contributed by atoms with Gasteiger partial charge in [-0.3, -0.25) is 0 Å². The summed E-state index contributed by atoms with van der Waals surface area (Å²) in [7, 11) is 0. The molecule has 18 heavy (non-hydrogen) atoms. The summed E-state index contributed by atoms with van der Waals surface area (Å²) in [4.78, 5) is 4.44. The SMILES string of the molecule is CCCC(CCN)CCCNCc1nc(C)cs1. The van der Waals surface area contributed by atoms with Crippen LogP contribution in [-0.2, 0) is 6.54 Å². The third-order valence-electron chi connectivity index (χ3n) is 3.18. The van der Waals surface area contributed by atoms with Crippen LogP contribution < -0.4 is 11.1 Å². The molecule has 0 saturated heterocycles. The largest absolute Gasteiger partial charge is 0.330 e. The van der Waals surface area contributed by atoms with E-state index in [1.165, 1.54) is 37.1 Å². The normalized spacial score (nSPS) is 12.8. The zero-order chi connectivity index (χ0) is 13.2. The fourth-order valence-electron chi connectivity index (χ4n) is 2.27. The fraction of sp³-hybridized carbons (Fsp3) is 0.786. The van der Waals surface area contributed by atoms with E-state index in [0.29, 0.717) is 0 Å². The number of rotatable bonds is 10. The molecule has 0 saturated carbocycles. The number of hydrogen-bond acceptors (Lipinski definition) is 4. The highest BCUT2D eigenvalue weighted by atomic mass is 32.1. The second-order valence-electron chi connectivity index (χ2n) is 4.93. The molecular formula is C14H27N3S.